The predicted molar refractivity (Wildman–Crippen MR) is 75.1 cm³/mol. The Morgan fingerprint density at radius 3 is 2.79 bits per heavy atom. The van der Waals surface area contributed by atoms with Crippen molar-refractivity contribution in [1.29, 1.82) is 0 Å². The minimum atomic E-state index is 0.269. The molecule has 1 saturated heterocycles. The summed E-state index contributed by atoms with van der Waals surface area (Å²) in [6.45, 7) is 3.32. The number of nitrogens with zero attached hydrogens (tertiary/aromatic N) is 1. The zero-order valence-electron chi connectivity index (χ0n) is 11.5. The van der Waals surface area contributed by atoms with Gasteiger partial charge < -0.3 is 15.0 Å². The molecule has 1 N–H and O–H groups in total. The standard InChI is InChI=1S/C15H22N2O2/c1-19-14-7-3-2-6-13(14)12-16-9-8-15(18)17-10-4-5-11-17/h2-3,6-7,16H,4-5,8-12H2,1H3. The molecule has 4 nitrogen and oxygen atoms in total. The summed E-state index contributed by atoms with van der Waals surface area (Å²) in [5.41, 5.74) is 1.12. The van der Waals surface area contributed by atoms with E-state index in [4.69, 9.17) is 4.74 Å². The van der Waals surface area contributed by atoms with Crippen LogP contribution in [0.2, 0.25) is 0 Å². The summed E-state index contributed by atoms with van der Waals surface area (Å²) in [6, 6.07) is 7.94. The van der Waals surface area contributed by atoms with Gasteiger partial charge in [0, 0.05) is 38.2 Å². The minimum Gasteiger partial charge on any atom is -0.496 e. The van der Waals surface area contributed by atoms with Gasteiger partial charge in [-0.3, -0.25) is 4.79 Å². The van der Waals surface area contributed by atoms with Crippen LogP contribution >= 0.6 is 0 Å². The van der Waals surface area contributed by atoms with E-state index in [1.54, 1.807) is 7.11 Å². The normalized spacial score (nSPS) is 14.7. The van der Waals surface area contributed by atoms with Gasteiger partial charge in [-0.2, -0.15) is 0 Å². The Hall–Kier alpha value is -1.55. The van der Waals surface area contributed by atoms with Crippen LogP contribution in [0.3, 0.4) is 0 Å². The fourth-order valence-corrected chi connectivity index (χ4v) is 2.39. The quantitative estimate of drug-likeness (QED) is 0.795. The molecule has 0 unspecified atom stereocenters. The second-order valence-electron chi connectivity index (χ2n) is 4.83. The largest absolute Gasteiger partial charge is 0.496 e. The first kappa shape index (κ1) is 13.9. The molecule has 0 radical (unpaired) electrons. The summed E-state index contributed by atoms with van der Waals surface area (Å²) in [5, 5.41) is 3.30. The van der Waals surface area contributed by atoms with Crippen LogP contribution in [0.1, 0.15) is 24.8 Å². The molecule has 1 heterocycles. The lowest BCUT2D eigenvalue weighted by Crippen LogP contribution is -2.30. The summed E-state index contributed by atoms with van der Waals surface area (Å²) >= 11 is 0. The van der Waals surface area contributed by atoms with Gasteiger partial charge in [-0.1, -0.05) is 18.2 Å². The third-order valence-corrected chi connectivity index (χ3v) is 3.48. The molecular weight excluding hydrogens is 240 g/mol. The average molecular weight is 262 g/mol. The van der Waals surface area contributed by atoms with Crippen molar-refractivity contribution >= 4 is 5.91 Å². The molecule has 4 heteroatoms. The van der Waals surface area contributed by atoms with Crippen molar-refractivity contribution in [1.82, 2.24) is 10.2 Å². The van der Waals surface area contributed by atoms with Crippen molar-refractivity contribution in [2.24, 2.45) is 0 Å². The average Bonchev–Trinajstić information content (AvgIpc) is 2.98. The highest BCUT2D eigenvalue weighted by Crippen LogP contribution is 2.16. The van der Waals surface area contributed by atoms with Gasteiger partial charge in [0.25, 0.3) is 0 Å². The van der Waals surface area contributed by atoms with E-state index in [1.165, 1.54) is 0 Å². The number of nitrogens with one attached hydrogen (secondary N) is 1. The van der Waals surface area contributed by atoms with E-state index in [-0.39, 0.29) is 5.91 Å². The number of hydrogen-bond acceptors (Lipinski definition) is 3. The van der Waals surface area contributed by atoms with Crippen molar-refractivity contribution in [3.8, 4) is 5.75 Å². The van der Waals surface area contributed by atoms with E-state index < -0.39 is 0 Å². The van der Waals surface area contributed by atoms with E-state index in [0.717, 1.165) is 43.8 Å². The predicted octanol–water partition coefficient (Wildman–Crippen LogP) is 1.80. The molecule has 0 saturated carbocycles. The molecule has 104 valence electrons. The number of carbonyl (C=O) groups excluding carboxylic acids is 1. The Bertz CT molecular complexity index is 414. The fourth-order valence-electron chi connectivity index (χ4n) is 2.39. The molecule has 1 aliphatic rings. The Balaban J connectivity index is 1.70. The van der Waals surface area contributed by atoms with Gasteiger partial charge in [-0.05, 0) is 18.9 Å². The van der Waals surface area contributed by atoms with Crippen LogP contribution < -0.4 is 10.1 Å². The van der Waals surface area contributed by atoms with Crippen LogP contribution in [0.5, 0.6) is 5.75 Å². The van der Waals surface area contributed by atoms with E-state index in [2.05, 4.69) is 5.32 Å². The van der Waals surface area contributed by atoms with Crippen LogP contribution in [0.25, 0.3) is 0 Å². The maximum Gasteiger partial charge on any atom is 0.223 e. The smallest absolute Gasteiger partial charge is 0.223 e. The van der Waals surface area contributed by atoms with E-state index >= 15 is 0 Å². The van der Waals surface area contributed by atoms with Crippen molar-refractivity contribution in [2.45, 2.75) is 25.8 Å². The number of rotatable bonds is 6. The van der Waals surface area contributed by atoms with Gasteiger partial charge in [0.05, 0.1) is 7.11 Å². The molecule has 1 aromatic carbocycles. The number of methoxy groups -OCH3 is 1. The molecule has 19 heavy (non-hydrogen) atoms. The molecule has 1 fully saturated rings. The van der Waals surface area contributed by atoms with Gasteiger partial charge in [-0.15, -0.1) is 0 Å². The van der Waals surface area contributed by atoms with Crippen LogP contribution in [-0.4, -0.2) is 37.6 Å². The number of ether oxygens (including phenoxy) is 1. The number of hydrogen-bond donors (Lipinski definition) is 1. The second kappa shape index (κ2) is 7.14. The van der Waals surface area contributed by atoms with Crippen LogP contribution in [0.15, 0.2) is 24.3 Å². The molecule has 1 aromatic rings. The van der Waals surface area contributed by atoms with E-state index in [9.17, 15) is 4.79 Å². The number of benzene rings is 1. The van der Waals surface area contributed by atoms with Gasteiger partial charge in [0.1, 0.15) is 5.75 Å². The highest BCUT2D eigenvalue weighted by molar-refractivity contribution is 5.76. The highest BCUT2D eigenvalue weighted by atomic mass is 16.5. The summed E-state index contributed by atoms with van der Waals surface area (Å²) in [7, 11) is 1.68. The van der Waals surface area contributed by atoms with Gasteiger partial charge in [0.2, 0.25) is 5.91 Å². The minimum absolute atomic E-state index is 0.269. The van der Waals surface area contributed by atoms with Crippen molar-refractivity contribution in [3.63, 3.8) is 0 Å². The SMILES string of the molecule is COc1ccccc1CNCCC(=O)N1CCCC1. The Morgan fingerprint density at radius 2 is 2.05 bits per heavy atom. The van der Waals surface area contributed by atoms with Crippen molar-refractivity contribution in [3.05, 3.63) is 29.8 Å². The van der Waals surface area contributed by atoms with Gasteiger partial charge in [-0.25, -0.2) is 0 Å². The first-order chi connectivity index (χ1) is 9.31. The highest BCUT2D eigenvalue weighted by Gasteiger charge is 2.16. The van der Waals surface area contributed by atoms with Crippen molar-refractivity contribution in [2.75, 3.05) is 26.7 Å². The van der Waals surface area contributed by atoms with E-state index in [1.807, 2.05) is 29.2 Å². The zero-order chi connectivity index (χ0) is 13.5. The Morgan fingerprint density at radius 1 is 1.32 bits per heavy atom. The summed E-state index contributed by atoms with van der Waals surface area (Å²) in [5.74, 6) is 1.16. The maximum atomic E-state index is 11.8. The third kappa shape index (κ3) is 3.96. The summed E-state index contributed by atoms with van der Waals surface area (Å²) in [6.07, 6.45) is 2.88. The second-order valence-corrected chi connectivity index (χ2v) is 4.83. The van der Waals surface area contributed by atoms with Crippen LogP contribution in [0.4, 0.5) is 0 Å². The van der Waals surface area contributed by atoms with Gasteiger partial charge in [0.15, 0.2) is 0 Å². The molecule has 0 bridgehead atoms. The Kier molecular flexibility index (Phi) is 5.21. The number of likely N-dealkylation sites (tertiary alicyclic amines) is 1. The summed E-state index contributed by atoms with van der Waals surface area (Å²) < 4.78 is 5.29. The fraction of sp³-hybridized carbons (Fsp3) is 0.533. The number of para-hydroxylation sites is 1. The lowest BCUT2D eigenvalue weighted by molar-refractivity contribution is -0.130. The maximum absolute atomic E-state index is 11.8. The number of amides is 1. The summed E-state index contributed by atoms with van der Waals surface area (Å²) in [4.78, 5) is 13.8. The van der Waals surface area contributed by atoms with Crippen LogP contribution in [0, 0.1) is 0 Å². The number of carbonyl (C=O) groups is 1. The zero-order valence-corrected chi connectivity index (χ0v) is 11.5. The molecule has 2 rings (SSSR count). The molecule has 0 spiro atoms. The monoisotopic (exact) mass is 262 g/mol. The van der Waals surface area contributed by atoms with Crippen LogP contribution in [-0.2, 0) is 11.3 Å². The lowest BCUT2D eigenvalue weighted by Gasteiger charge is -2.15. The lowest BCUT2D eigenvalue weighted by atomic mass is 10.2. The molecular formula is C15H22N2O2. The molecule has 1 aliphatic heterocycles. The first-order valence-corrected chi connectivity index (χ1v) is 6.91. The first-order valence-electron chi connectivity index (χ1n) is 6.91. The molecule has 0 aliphatic carbocycles. The van der Waals surface area contributed by atoms with Crippen molar-refractivity contribution < 1.29 is 9.53 Å². The molecule has 0 atom stereocenters. The third-order valence-electron chi connectivity index (χ3n) is 3.48. The molecule has 0 aromatic heterocycles. The Labute approximate surface area is 114 Å². The van der Waals surface area contributed by atoms with Gasteiger partial charge >= 0.3 is 0 Å². The molecule has 1 amide bonds. The topological polar surface area (TPSA) is 41.6 Å². The van der Waals surface area contributed by atoms with E-state index in [0.29, 0.717) is 13.0 Å².